The lowest BCUT2D eigenvalue weighted by molar-refractivity contribution is -0.146. The molecule has 0 aliphatic carbocycles. The van der Waals surface area contributed by atoms with Crippen molar-refractivity contribution < 1.29 is 35.9 Å². The Hall–Kier alpha value is -1.74. The highest BCUT2D eigenvalue weighted by Crippen LogP contribution is 2.39. The summed E-state index contributed by atoms with van der Waals surface area (Å²) in [4.78, 5) is 21.1. The minimum absolute atomic E-state index is 1.99. The molecule has 1 heterocycles. The van der Waals surface area contributed by atoms with Crippen LogP contribution in [0.15, 0.2) is 21.5 Å². The van der Waals surface area contributed by atoms with Gasteiger partial charge in [0.25, 0.3) is 5.78 Å². The average molecular weight is 246 g/mol. The maximum Gasteiger partial charge on any atom is 0.435 e. The number of hydrogen-bond acceptors (Lipinski definition) is 3. The third kappa shape index (κ3) is 2.09. The summed E-state index contributed by atoms with van der Waals surface area (Å²) in [5.41, 5.74) is -5.15. The number of rotatable bonds is 0. The van der Waals surface area contributed by atoms with Gasteiger partial charge in [-0.1, -0.05) is 0 Å². The summed E-state index contributed by atoms with van der Waals surface area (Å²) in [7, 11) is 0. The predicted octanol–water partition coefficient (Wildman–Crippen LogP) is 1.93. The molecule has 0 aromatic heterocycles. The number of allylic oxidation sites excluding steroid dienone is 1. The van der Waals surface area contributed by atoms with Crippen LogP contribution in [0.5, 0.6) is 0 Å². The van der Waals surface area contributed by atoms with Crippen LogP contribution in [0.3, 0.4) is 0 Å². The Labute approximate surface area is 82.6 Å². The fourth-order valence-corrected chi connectivity index (χ4v) is 0.867. The molecule has 0 aromatic rings. The smallest absolute Gasteiger partial charge is 0.283 e. The van der Waals surface area contributed by atoms with Crippen LogP contribution in [0.4, 0.5) is 26.3 Å². The standard InChI is InChI=1S/C6F6N2O2/c7-5(8,9)1-2(15)4(16)14-13-3(1)6(10,11)12. The van der Waals surface area contributed by atoms with Crippen molar-refractivity contribution in [3.63, 3.8) is 0 Å². The average Bonchev–Trinajstić information content (AvgIpc) is 2.05. The zero-order valence-electron chi connectivity index (χ0n) is 6.98. The number of halogens is 6. The van der Waals surface area contributed by atoms with E-state index in [1.54, 1.807) is 0 Å². The van der Waals surface area contributed by atoms with E-state index in [1.165, 1.54) is 0 Å². The number of Topliss-reactive ketones (excluding diaryl/α,β-unsaturated/α-hetero) is 1. The molecule has 1 aliphatic rings. The summed E-state index contributed by atoms with van der Waals surface area (Å²) in [6.45, 7) is 0. The molecule has 1 rings (SSSR count). The first-order valence-corrected chi connectivity index (χ1v) is 3.44. The van der Waals surface area contributed by atoms with Crippen LogP contribution in [0.25, 0.3) is 0 Å². The maximum atomic E-state index is 12.1. The minimum atomic E-state index is -5.61. The van der Waals surface area contributed by atoms with Crippen LogP contribution in [0.2, 0.25) is 0 Å². The van der Waals surface area contributed by atoms with Gasteiger partial charge in [-0.2, -0.15) is 26.3 Å². The zero-order chi connectivity index (χ0) is 12.7. The summed E-state index contributed by atoms with van der Waals surface area (Å²) in [5.74, 6) is -4.35. The monoisotopic (exact) mass is 246 g/mol. The molecule has 0 N–H and O–H groups in total. The molecule has 0 unspecified atom stereocenters. The third-order valence-electron chi connectivity index (χ3n) is 1.45. The van der Waals surface area contributed by atoms with E-state index in [0.717, 1.165) is 0 Å². The van der Waals surface area contributed by atoms with E-state index in [1.807, 2.05) is 0 Å². The number of carbonyl (C=O) groups is 2. The van der Waals surface area contributed by atoms with Crippen LogP contribution >= 0.6 is 0 Å². The molecule has 0 spiro atoms. The Morgan fingerprint density at radius 3 is 1.69 bits per heavy atom. The molecule has 1 amide bonds. The van der Waals surface area contributed by atoms with Crippen molar-refractivity contribution in [1.82, 2.24) is 0 Å². The molecule has 0 saturated heterocycles. The molecule has 0 atom stereocenters. The van der Waals surface area contributed by atoms with Gasteiger partial charge in [-0.3, -0.25) is 9.59 Å². The van der Waals surface area contributed by atoms with Crippen LogP contribution in [0, 0.1) is 0 Å². The Bertz CT molecular complexity index is 416. The van der Waals surface area contributed by atoms with Crippen molar-refractivity contribution >= 4 is 11.7 Å². The van der Waals surface area contributed by atoms with E-state index >= 15 is 0 Å². The van der Waals surface area contributed by atoms with E-state index in [-0.39, 0.29) is 0 Å². The van der Waals surface area contributed by atoms with Gasteiger partial charge >= 0.3 is 18.3 Å². The second-order valence-corrected chi connectivity index (χ2v) is 2.55. The number of ketones is 1. The highest BCUT2D eigenvalue weighted by Gasteiger charge is 2.52. The first-order valence-electron chi connectivity index (χ1n) is 3.44. The second kappa shape index (κ2) is 3.39. The topological polar surface area (TPSA) is 58.9 Å². The highest BCUT2D eigenvalue weighted by atomic mass is 19.4. The third-order valence-corrected chi connectivity index (χ3v) is 1.45. The summed E-state index contributed by atoms with van der Waals surface area (Å²) in [6.07, 6.45) is -11.1. The van der Waals surface area contributed by atoms with E-state index in [2.05, 4.69) is 10.2 Å². The van der Waals surface area contributed by atoms with E-state index in [4.69, 9.17) is 0 Å². The molecule has 0 bridgehead atoms. The van der Waals surface area contributed by atoms with Gasteiger partial charge in [-0.05, 0) is 0 Å². The molecule has 1 aliphatic heterocycles. The highest BCUT2D eigenvalue weighted by molar-refractivity contribution is 6.43. The van der Waals surface area contributed by atoms with Gasteiger partial charge in [0.15, 0.2) is 5.70 Å². The molecule has 0 fully saturated rings. The fourth-order valence-electron chi connectivity index (χ4n) is 0.867. The minimum Gasteiger partial charge on any atom is -0.283 e. The normalized spacial score (nSPS) is 18.4. The summed E-state index contributed by atoms with van der Waals surface area (Å²) in [6, 6.07) is 0. The van der Waals surface area contributed by atoms with Crippen molar-refractivity contribution in [3.8, 4) is 0 Å². The van der Waals surface area contributed by atoms with Gasteiger partial charge < -0.3 is 0 Å². The first-order chi connectivity index (χ1) is 7.05. The van der Waals surface area contributed by atoms with Crippen LogP contribution in [-0.4, -0.2) is 24.0 Å². The number of carbonyl (C=O) groups excluding carboxylic acids is 2. The van der Waals surface area contributed by atoms with Crippen LogP contribution in [-0.2, 0) is 9.59 Å². The quantitative estimate of drug-likeness (QED) is 0.484. The largest absolute Gasteiger partial charge is 0.435 e. The molecule has 10 heteroatoms. The number of nitrogens with zero attached hydrogens (tertiary/aromatic N) is 2. The number of azo groups is 1. The van der Waals surface area contributed by atoms with Gasteiger partial charge in [0.1, 0.15) is 5.57 Å². The molecule has 0 radical (unpaired) electrons. The van der Waals surface area contributed by atoms with Gasteiger partial charge in [0.05, 0.1) is 0 Å². The van der Waals surface area contributed by atoms with Crippen LogP contribution in [0.1, 0.15) is 0 Å². The lowest BCUT2D eigenvalue weighted by atomic mass is 10.1. The number of amides is 1. The molecule has 16 heavy (non-hydrogen) atoms. The molecule has 88 valence electrons. The molecular formula is C6F6N2O2. The summed E-state index contributed by atoms with van der Waals surface area (Å²) in [5, 5.41) is 4.25. The number of hydrogen-bond donors (Lipinski definition) is 0. The Morgan fingerprint density at radius 1 is 0.812 bits per heavy atom. The molecule has 0 saturated carbocycles. The van der Waals surface area contributed by atoms with Gasteiger partial charge in [-0.15, -0.1) is 10.2 Å². The molecule has 0 aromatic carbocycles. The van der Waals surface area contributed by atoms with E-state index in [0.29, 0.717) is 0 Å². The second-order valence-electron chi connectivity index (χ2n) is 2.55. The molecular weight excluding hydrogens is 246 g/mol. The van der Waals surface area contributed by atoms with Gasteiger partial charge in [-0.25, -0.2) is 0 Å². The SMILES string of the molecule is O=C1N=NC(C(F)(F)F)=C(C(F)(F)F)C1=O. The lowest BCUT2D eigenvalue weighted by Gasteiger charge is -2.16. The van der Waals surface area contributed by atoms with E-state index < -0.39 is 35.3 Å². The van der Waals surface area contributed by atoms with Crippen molar-refractivity contribution in [2.24, 2.45) is 10.2 Å². The Kier molecular flexibility index (Phi) is 2.61. The van der Waals surface area contributed by atoms with Crippen molar-refractivity contribution in [1.29, 1.82) is 0 Å². The maximum absolute atomic E-state index is 12.1. The Morgan fingerprint density at radius 2 is 1.31 bits per heavy atom. The predicted molar refractivity (Wildman–Crippen MR) is 34.0 cm³/mol. The van der Waals surface area contributed by atoms with Crippen molar-refractivity contribution in [3.05, 3.63) is 11.3 Å². The van der Waals surface area contributed by atoms with Gasteiger partial charge in [0, 0.05) is 0 Å². The zero-order valence-corrected chi connectivity index (χ0v) is 6.98. The van der Waals surface area contributed by atoms with Crippen molar-refractivity contribution in [2.75, 3.05) is 0 Å². The summed E-state index contributed by atoms with van der Waals surface area (Å²) < 4.78 is 72.5. The number of alkyl halides is 6. The van der Waals surface area contributed by atoms with Crippen LogP contribution < -0.4 is 0 Å². The Balaban J connectivity index is 3.48. The van der Waals surface area contributed by atoms with Gasteiger partial charge in [0.2, 0.25) is 0 Å². The fraction of sp³-hybridized carbons (Fsp3) is 0.333. The first kappa shape index (κ1) is 12.3. The summed E-state index contributed by atoms with van der Waals surface area (Å²) >= 11 is 0. The molecule has 4 nitrogen and oxygen atoms in total. The lowest BCUT2D eigenvalue weighted by Crippen LogP contribution is -2.32. The van der Waals surface area contributed by atoms with E-state index in [9.17, 15) is 35.9 Å². The van der Waals surface area contributed by atoms with Crippen molar-refractivity contribution in [2.45, 2.75) is 12.4 Å².